The van der Waals surface area contributed by atoms with Crippen molar-refractivity contribution >= 4 is 11.6 Å². The molecule has 0 nitrogen and oxygen atoms in total. The minimum absolute atomic E-state index is 0.00775. The van der Waals surface area contributed by atoms with E-state index in [1.807, 2.05) is 0 Å². The van der Waals surface area contributed by atoms with E-state index in [1.54, 1.807) is 11.1 Å². The Morgan fingerprint density at radius 1 is 0.375 bits per heavy atom. The van der Waals surface area contributed by atoms with Crippen LogP contribution in [-0.4, -0.2) is 0 Å². The molecule has 2 aliphatic rings. The van der Waals surface area contributed by atoms with E-state index in [1.165, 1.54) is 173 Å². The van der Waals surface area contributed by atoms with Crippen LogP contribution in [0.15, 0.2) is 175 Å². The first-order valence-corrected chi connectivity index (χ1v) is 24.7. The highest BCUT2D eigenvalue weighted by Gasteiger charge is 2.42. The lowest BCUT2D eigenvalue weighted by atomic mass is 9.70. The van der Waals surface area contributed by atoms with Gasteiger partial charge in [0.2, 0.25) is 0 Å². The van der Waals surface area contributed by atoms with Gasteiger partial charge in [-0.2, -0.15) is 0 Å². The lowest BCUT2D eigenvalue weighted by molar-refractivity contribution is 0.398. The van der Waals surface area contributed by atoms with Crippen molar-refractivity contribution in [1.29, 1.82) is 0 Å². The molecule has 2 aliphatic carbocycles. The van der Waals surface area contributed by atoms with E-state index in [0.717, 1.165) is 0 Å². The van der Waals surface area contributed by atoms with Gasteiger partial charge in [-0.3, -0.25) is 0 Å². The number of hydrogen-bond donors (Lipinski definition) is 0. The topological polar surface area (TPSA) is 0 Å². The molecule has 0 aromatic heterocycles. The zero-order chi connectivity index (χ0) is 43.7. The van der Waals surface area contributed by atoms with Crippen molar-refractivity contribution in [1.82, 2.24) is 0 Å². The molecule has 322 valence electrons. The molecule has 0 bridgehead atoms. The largest absolute Gasteiger partial charge is 0.0654 e. The molecule has 0 amide bonds. The van der Waals surface area contributed by atoms with Gasteiger partial charge in [0.1, 0.15) is 0 Å². The molecule has 7 aromatic carbocycles. The summed E-state index contributed by atoms with van der Waals surface area (Å²) in [6.07, 6.45) is 23.0. The maximum absolute atomic E-state index is 2.63. The van der Waals surface area contributed by atoms with Crippen LogP contribution in [-0.2, 0) is 5.41 Å². The van der Waals surface area contributed by atoms with E-state index in [4.69, 9.17) is 0 Å². The first-order valence-electron chi connectivity index (χ1n) is 24.7. The molecule has 0 spiro atoms. The van der Waals surface area contributed by atoms with Crippen LogP contribution in [0.25, 0.3) is 67.3 Å². The Morgan fingerprint density at radius 3 is 1.25 bits per heavy atom. The number of rotatable bonds is 19. The Balaban J connectivity index is 1.14. The van der Waals surface area contributed by atoms with Crippen molar-refractivity contribution in [3.8, 4) is 55.6 Å². The van der Waals surface area contributed by atoms with E-state index in [-0.39, 0.29) is 5.41 Å². The molecule has 0 heteroatoms. The fourth-order valence-electron chi connectivity index (χ4n) is 10.9. The summed E-state index contributed by atoms with van der Waals surface area (Å²) in [7, 11) is 0. The molecular formula is C64H66. The lowest BCUT2D eigenvalue weighted by Crippen LogP contribution is -2.25. The van der Waals surface area contributed by atoms with Crippen LogP contribution in [0.5, 0.6) is 0 Å². The number of benzene rings is 7. The molecule has 0 saturated carbocycles. The molecule has 0 aliphatic heterocycles. The Morgan fingerprint density at radius 2 is 0.766 bits per heavy atom. The summed E-state index contributed by atoms with van der Waals surface area (Å²) in [5, 5.41) is 0. The molecule has 9 rings (SSSR count). The van der Waals surface area contributed by atoms with Crippen LogP contribution >= 0.6 is 0 Å². The number of hydrogen-bond acceptors (Lipinski definition) is 0. The molecule has 0 N–H and O–H groups in total. The average Bonchev–Trinajstić information content (AvgIpc) is 3.79. The average molecular weight is 835 g/mol. The Kier molecular flexibility index (Phi) is 13.7. The third-order valence-corrected chi connectivity index (χ3v) is 14.3. The quantitative estimate of drug-likeness (QED) is 0.0712. The second-order valence-electron chi connectivity index (χ2n) is 18.7. The predicted octanol–water partition coefficient (Wildman–Crippen LogP) is 19.0. The highest BCUT2D eigenvalue weighted by atomic mass is 14.5. The van der Waals surface area contributed by atoms with Crippen LogP contribution in [0.3, 0.4) is 0 Å². The molecule has 0 heterocycles. The van der Waals surface area contributed by atoms with Gasteiger partial charge < -0.3 is 0 Å². The first-order chi connectivity index (χ1) is 31.6. The normalized spacial score (nSPS) is 14.0. The van der Waals surface area contributed by atoms with E-state index in [2.05, 4.69) is 197 Å². The van der Waals surface area contributed by atoms with Crippen molar-refractivity contribution in [2.24, 2.45) is 0 Å². The zero-order valence-corrected chi connectivity index (χ0v) is 38.6. The number of allylic oxidation sites excluding steroid dienone is 2. The fraction of sp³-hybridized carbons (Fsp3) is 0.281. The summed E-state index contributed by atoms with van der Waals surface area (Å²) < 4.78 is 0. The van der Waals surface area contributed by atoms with Crippen molar-refractivity contribution < 1.29 is 0 Å². The summed E-state index contributed by atoms with van der Waals surface area (Å²) in [4.78, 5) is 0. The monoisotopic (exact) mass is 835 g/mol. The van der Waals surface area contributed by atoms with Gasteiger partial charge >= 0.3 is 0 Å². The van der Waals surface area contributed by atoms with Gasteiger partial charge in [-0.05, 0) is 139 Å². The standard InChI is InChI=1S/C64H66/c1-4-6-8-10-12-23-39-64(40-24-13-11-9-7-5-2)62-45-53(50-29-21-16-22-30-50)33-37-57(62)58-38-34-54(46-63(58)64)52-32-36-56-55-35-31-51(49-27-19-15-20-28-49)43-60(55)59(61(56)44-52)42-47(3)41-48-25-17-14-18-26-48/h14-22,25-38,41-46H,4-13,23-24,39-40H2,1-3H3/b47-41+,59-42-. The number of fused-ring (bicyclic) bond motifs is 6. The van der Waals surface area contributed by atoms with Gasteiger partial charge in [-0.15, -0.1) is 0 Å². The third-order valence-electron chi connectivity index (χ3n) is 14.3. The molecule has 0 atom stereocenters. The van der Waals surface area contributed by atoms with E-state index in [0.29, 0.717) is 0 Å². The van der Waals surface area contributed by atoms with Crippen LogP contribution in [0.1, 0.15) is 138 Å². The highest BCUT2D eigenvalue weighted by molar-refractivity contribution is 6.04. The van der Waals surface area contributed by atoms with E-state index in [9.17, 15) is 0 Å². The van der Waals surface area contributed by atoms with Crippen LogP contribution in [0.4, 0.5) is 0 Å². The molecule has 0 radical (unpaired) electrons. The minimum atomic E-state index is -0.00775. The summed E-state index contributed by atoms with van der Waals surface area (Å²) in [5.41, 5.74) is 22.8. The Labute approximate surface area is 384 Å². The zero-order valence-electron chi connectivity index (χ0n) is 38.6. The lowest BCUT2D eigenvalue weighted by Gasteiger charge is -2.33. The van der Waals surface area contributed by atoms with Gasteiger partial charge in [-0.25, -0.2) is 0 Å². The number of unbranched alkanes of at least 4 members (excludes halogenated alkanes) is 10. The van der Waals surface area contributed by atoms with Crippen molar-refractivity contribution in [3.63, 3.8) is 0 Å². The van der Waals surface area contributed by atoms with E-state index >= 15 is 0 Å². The minimum Gasteiger partial charge on any atom is -0.0654 e. The highest BCUT2D eigenvalue weighted by Crippen LogP contribution is 2.56. The third kappa shape index (κ3) is 9.17. The Hall–Kier alpha value is -5.98. The summed E-state index contributed by atoms with van der Waals surface area (Å²) in [5.74, 6) is 0. The van der Waals surface area contributed by atoms with Gasteiger partial charge in [0.05, 0.1) is 0 Å². The Bertz CT molecular complexity index is 2710. The van der Waals surface area contributed by atoms with E-state index < -0.39 is 0 Å². The van der Waals surface area contributed by atoms with Gasteiger partial charge in [-0.1, -0.05) is 243 Å². The summed E-state index contributed by atoms with van der Waals surface area (Å²) >= 11 is 0. The van der Waals surface area contributed by atoms with Gasteiger partial charge in [0.25, 0.3) is 0 Å². The fourth-order valence-corrected chi connectivity index (χ4v) is 10.9. The van der Waals surface area contributed by atoms with Crippen molar-refractivity contribution in [2.45, 2.75) is 116 Å². The van der Waals surface area contributed by atoms with Crippen LogP contribution in [0, 0.1) is 0 Å². The summed E-state index contributed by atoms with van der Waals surface area (Å²) in [6.45, 7) is 6.90. The smallest absolute Gasteiger partial charge is 0.0215 e. The SMILES string of the molecule is CCCCCCCCC1(CCCCCCCC)c2cc(-c3ccccc3)ccc2-c2ccc(-c3ccc4c(c3)/C(=C\C(C)=C\c3ccccc3)c3cc(-c5ccccc5)ccc3-4)cc21. The second-order valence-corrected chi connectivity index (χ2v) is 18.7. The molecule has 0 unspecified atom stereocenters. The molecule has 7 aromatic rings. The second kappa shape index (κ2) is 20.2. The molecule has 0 saturated heterocycles. The van der Waals surface area contributed by atoms with Crippen LogP contribution < -0.4 is 0 Å². The van der Waals surface area contributed by atoms with Gasteiger partial charge in [0, 0.05) is 5.41 Å². The molecule has 0 fully saturated rings. The maximum atomic E-state index is 2.63. The molecule has 64 heavy (non-hydrogen) atoms. The van der Waals surface area contributed by atoms with Crippen molar-refractivity contribution in [2.75, 3.05) is 0 Å². The first kappa shape index (κ1) is 43.3. The summed E-state index contributed by atoms with van der Waals surface area (Å²) in [6, 6.07) is 61.9. The molecular weight excluding hydrogens is 769 g/mol. The van der Waals surface area contributed by atoms with Gasteiger partial charge in [0.15, 0.2) is 0 Å². The van der Waals surface area contributed by atoms with Crippen molar-refractivity contribution in [3.05, 3.63) is 203 Å². The maximum Gasteiger partial charge on any atom is 0.0215 e. The van der Waals surface area contributed by atoms with Crippen LogP contribution in [0.2, 0.25) is 0 Å². The predicted molar refractivity (Wildman–Crippen MR) is 278 cm³/mol.